The Kier molecular flexibility index (Phi) is 12.4. The molecule has 2 aliphatic rings. The topological polar surface area (TPSA) is 73.9 Å². The normalized spacial score (nSPS) is 21.1. The van der Waals surface area contributed by atoms with E-state index < -0.39 is 0 Å². The van der Waals surface area contributed by atoms with E-state index in [4.69, 9.17) is 4.74 Å². The maximum absolute atomic E-state index is 12.0. The Morgan fingerprint density at radius 3 is 2.62 bits per heavy atom. The number of rotatable bonds is 8. The Morgan fingerprint density at radius 1 is 1.25 bits per heavy atom. The molecule has 9 heteroatoms. The zero-order valence-electron chi connectivity index (χ0n) is 14.3. The van der Waals surface area contributed by atoms with Crippen LogP contribution in [0.3, 0.4) is 0 Å². The molecule has 142 valence electrons. The summed E-state index contributed by atoms with van der Waals surface area (Å²) in [6.07, 6.45) is 1.77. The third-order valence-electron chi connectivity index (χ3n) is 4.20. The van der Waals surface area contributed by atoms with Gasteiger partial charge in [-0.15, -0.1) is 24.8 Å². The number of nitrogens with zero attached hydrogens (tertiary/aromatic N) is 2. The molecule has 2 saturated heterocycles. The number of amides is 2. The molecule has 2 heterocycles. The first kappa shape index (κ1) is 23.4. The summed E-state index contributed by atoms with van der Waals surface area (Å²) in [5.74, 6) is 0.192. The predicted octanol–water partition coefficient (Wildman–Crippen LogP) is -0.121. The van der Waals surface area contributed by atoms with Gasteiger partial charge in [-0.05, 0) is 20.0 Å². The van der Waals surface area contributed by atoms with E-state index in [0.29, 0.717) is 19.4 Å². The van der Waals surface area contributed by atoms with Gasteiger partial charge in [-0.1, -0.05) is 0 Å². The smallest absolute Gasteiger partial charge is 0.224 e. The molecule has 1 atom stereocenters. The van der Waals surface area contributed by atoms with Crippen LogP contribution in [-0.2, 0) is 14.3 Å². The lowest BCUT2D eigenvalue weighted by Crippen LogP contribution is -2.42. The van der Waals surface area contributed by atoms with E-state index in [9.17, 15) is 9.59 Å². The van der Waals surface area contributed by atoms with Gasteiger partial charge >= 0.3 is 0 Å². The molecule has 0 spiro atoms. The average molecular weight is 385 g/mol. The van der Waals surface area contributed by atoms with E-state index in [2.05, 4.69) is 15.5 Å². The van der Waals surface area contributed by atoms with Crippen molar-refractivity contribution in [2.24, 2.45) is 0 Å². The largest absolute Gasteiger partial charge is 0.379 e. The highest BCUT2D eigenvalue weighted by molar-refractivity contribution is 5.85. The molecule has 0 bridgehead atoms. The van der Waals surface area contributed by atoms with E-state index in [1.807, 2.05) is 11.9 Å². The first-order chi connectivity index (χ1) is 10.7. The van der Waals surface area contributed by atoms with Crippen LogP contribution in [0, 0.1) is 0 Å². The average Bonchev–Trinajstić information content (AvgIpc) is 2.86. The van der Waals surface area contributed by atoms with Crippen molar-refractivity contribution in [1.29, 1.82) is 0 Å². The molecule has 0 aliphatic carbocycles. The standard InChI is InChI=1S/C15H28N4O3.2ClH/c1-16-4-2-3-14(20)17-13-11-15(21)19(12-13)6-5-18-7-9-22-10-8-18;;/h13,16H,2-12H2,1H3,(H,17,20);2*1H. The number of likely N-dealkylation sites (tertiary alicyclic amines) is 1. The molecule has 24 heavy (non-hydrogen) atoms. The van der Waals surface area contributed by atoms with Gasteiger partial charge in [0.1, 0.15) is 0 Å². The molecule has 1 unspecified atom stereocenters. The summed E-state index contributed by atoms with van der Waals surface area (Å²) >= 11 is 0. The van der Waals surface area contributed by atoms with E-state index >= 15 is 0 Å². The Labute approximate surface area is 156 Å². The molecule has 2 fully saturated rings. The Morgan fingerprint density at radius 2 is 1.96 bits per heavy atom. The van der Waals surface area contributed by atoms with Gasteiger partial charge in [0.25, 0.3) is 0 Å². The molecule has 2 N–H and O–H groups in total. The van der Waals surface area contributed by atoms with Gasteiger partial charge in [-0.3, -0.25) is 14.5 Å². The number of morpholine rings is 1. The summed E-state index contributed by atoms with van der Waals surface area (Å²) in [6.45, 7) is 6.53. The van der Waals surface area contributed by atoms with Gasteiger partial charge < -0.3 is 20.3 Å². The summed E-state index contributed by atoms with van der Waals surface area (Å²) in [7, 11) is 1.87. The predicted molar refractivity (Wildman–Crippen MR) is 98.0 cm³/mol. The molecule has 2 amide bonds. The third kappa shape index (κ3) is 7.98. The van der Waals surface area contributed by atoms with Crippen molar-refractivity contribution < 1.29 is 14.3 Å². The highest BCUT2D eigenvalue weighted by Crippen LogP contribution is 2.11. The minimum atomic E-state index is -0.0284. The molecule has 2 aliphatic heterocycles. The van der Waals surface area contributed by atoms with Crippen LogP contribution in [0.25, 0.3) is 0 Å². The summed E-state index contributed by atoms with van der Waals surface area (Å²) in [5.41, 5.74) is 0. The minimum absolute atomic E-state index is 0. The second-order valence-corrected chi connectivity index (χ2v) is 5.97. The van der Waals surface area contributed by atoms with E-state index in [0.717, 1.165) is 52.4 Å². The number of nitrogens with one attached hydrogen (secondary N) is 2. The molecule has 0 radical (unpaired) electrons. The molecule has 0 aromatic heterocycles. The fraction of sp³-hybridized carbons (Fsp3) is 0.867. The molecule has 0 aromatic carbocycles. The van der Waals surface area contributed by atoms with E-state index in [1.54, 1.807) is 0 Å². The molecule has 0 saturated carbocycles. The second kappa shape index (κ2) is 12.7. The highest BCUT2D eigenvalue weighted by atomic mass is 35.5. The second-order valence-electron chi connectivity index (χ2n) is 5.97. The van der Waals surface area contributed by atoms with Gasteiger partial charge in [0.05, 0.1) is 19.3 Å². The molecule has 0 aromatic rings. The SMILES string of the molecule is CNCCCC(=O)NC1CC(=O)N(CCN2CCOCC2)C1.Cl.Cl. The molecule has 2 rings (SSSR count). The minimum Gasteiger partial charge on any atom is -0.379 e. The lowest BCUT2D eigenvalue weighted by atomic mass is 10.2. The maximum Gasteiger partial charge on any atom is 0.224 e. The fourth-order valence-corrected chi connectivity index (χ4v) is 2.90. The van der Waals surface area contributed by atoms with Crippen LogP contribution < -0.4 is 10.6 Å². The summed E-state index contributed by atoms with van der Waals surface area (Å²) in [4.78, 5) is 28.0. The Balaban J connectivity index is 0.00000264. The van der Waals surface area contributed by atoms with Crippen molar-refractivity contribution in [2.45, 2.75) is 25.3 Å². The number of hydrogen-bond acceptors (Lipinski definition) is 5. The lowest BCUT2D eigenvalue weighted by molar-refractivity contribution is -0.128. The van der Waals surface area contributed by atoms with Crippen LogP contribution in [0.4, 0.5) is 0 Å². The number of carbonyl (C=O) groups excluding carboxylic acids is 2. The van der Waals surface area contributed by atoms with Gasteiger partial charge in [0.2, 0.25) is 11.8 Å². The summed E-state index contributed by atoms with van der Waals surface area (Å²) in [6, 6.07) is -0.0284. The van der Waals surface area contributed by atoms with Gasteiger partial charge in [-0.2, -0.15) is 0 Å². The molecular formula is C15H30Cl2N4O3. The summed E-state index contributed by atoms with van der Waals surface area (Å²) < 4.78 is 5.32. The highest BCUT2D eigenvalue weighted by Gasteiger charge is 2.30. The van der Waals surface area contributed by atoms with Gasteiger partial charge in [-0.25, -0.2) is 0 Å². The van der Waals surface area contributed by atoms with Crippen molar-refractivity contribution in [1.82, 2.24) is 20.4 Å². The van der Waals surface area contributed by atoms with Crippen LogP contribution in [-0.4, -0.2) is 87.2 Å². The number of halogens is 2. The maximum atomic E-state index is 12.0. The zero-order valence-corrected chi connectivity index (χ0v) is 15.9. The van der Waals surface area contributed by atoms with Crippen LogP contribution in [0.15, 0.2) is 0 Å². The molecule has 7 nitrogen and oxygen atoms in total. The number of carbonyl (C=O) groups is 2. The molecular weight excluding hydrogens is 355 g/mol. The van der Waals surface area contributed by atoms with Crippen LogP contribution in [0.2, 0.25) is 0 Å². The third-order valence-corrected chi connectivity index (χ3v) is 4.20. The quantitative estimate of drug-likeness (QED) is 0.570. The fourth-order valence-electron chi connectivity index (χ4n) is 2.90. The summed E-state index contributed by atoms with van der Waals surface area (Å²) in [5, 5.41) is 6.00. The first-order valence-corrected chi connectivity index (χ1v) is 8.21. The van der Waals surface area contributed by atoms with E-state index in [-0.39, 0.29) is 42.7 Å². The van der Waals surface area contributed by atoms with Crippen molar-refractivity contribution >= 4 is 36.6 Å². The van der Waals surface area contributed by atoms with Crippen LogP contribution in [0.5, 0.6) is 0 Å². The number of ether oxygens (including phenoxy) is 1. The van der Waals surface area contributed by atoms with E-state index in [1.165, 1.54) is 0 Å². The van der Waals surface area contributed by atoms with Crippen molar-refractivity contribution in [3.63, 3.8) is 0 Å². The zero-order chi connectivity index (χ0) is 15.8. The Hall–Kier alpha value is -0.600. The van der Waals surface area contributed by atoms with Crippen molar-refractivity contribution in [2.75, 3.05) is 59.5 Å². The lowest BCUT2D eigenvalue weighted by Gasteiger charge is -2.28. The van der Waals surface area contributed by atoms with Gasteiger partial charge in [0, 0.05) is 45.6 Å². The van der Waals surface area contributed by atoms with Gasteiger partial charge in [0.15, 0.2) is 0 Å². The monoisotopic (exact) mass is 384 g/mol. The Bertz CT molecular complexity index is 382. The van der Waals surface area contributed by atoms with Crippen molar-refractivity contribution in [3.8, 4) is 0 Å². The van der Waals surface area contributed by atoms with Crippen LogP contribution >= 0.6 is 24.8 Å². The van der Waals surface area contributed by atoms with Crippen molar-refractivity contribution in [3.05, 3.63) is 0 Å². The van der Waals surface area contributed by atoms with Crippen LogP contribution in [0.1, 0.15) is 19.3 Å². The number of hydrogen-bond donors (Lipinski definition) is 2. The first-order valence-electron chi connectivity index (χ1n) is 8.21.